The van der Waals surface area contributed by atoms with Crippen LogP contribution in [-0.4, -0.2) is 11.6 Å². The summed E-state index contributed by atoms with van der Waals surface area (Å²) in [6.45, 7) is 7.79. The normalized spacial score (nSPS) is 12.4. The van der Waals surface area contributed by atoms with Crippen LogP contribution in [-0.2, 0) is 6.54 Å². The molecule has 1 N–H and O–H groups in total. The first-order valence-corrected chi connectivity index (χ1v) is 8.84. The van der Waals surface area contributed by atoms with Gasteiger partial charge in [0.1, 0.15) is 10.8 Å². The molecule has 0 fully saturated rings. The Morgan fingerprint density at radius 2 is 2.24 bits per heavy atom. The molecule has 21 heavy (non-hydrogen) atoms. The second-order valence-corrected chi connectivity index (χ2v) is 6.84. The summed E-state index contributed by atoms with van der Waals surface area (Å²) in [5.74, 6) is 0.954. The smallest absolute Gasteiger partial charge is 0.123 e. The Morgan fingerprint density at radius 3 is 2.90 bits per heavy atom. The largest absolute Gasteiger partial charge is 0.493 e. The summed E-state index contributed by atoms with van der Waals surface area (Å²) in [6.07, 6.45) is 1.01. The molecule has 0 radical (unpaired) electrons. The zero-order valence-electron chi connectivity index (χ0n) is 12.6. The number of nitrogens with zero attached hydrogens (tertiary/aromatic N) is 1. The number of rotatable bonds is 7. The van der Waals surface area contributed by atoms with Crippen molar-refractivity contribution in [2.75, 3.05) is 6.61 Å². The third kappa shape index (κ3) is 4.80. The van der Waals surface area contributed by atoms with Gasteiger partial charge in [-0.1, -0.05) is 22.9 Å². The van der Waals surface area contributed by atoms with E-state index < -0.39 is 0 Å². The number of nitrogens with one attached hydrogen (secondary N) is 1. The lowest BCUT2D eigenvalue weighted by Crippen LogP contribution is -2.18. The van der Waals surface area contributed by atoms with Gasteiger partial charge in [0.15, 0.2) is 0 Å². The SMILES string of the molecule is CCCOc1ccc(Br)cc1CNC(C)c1nc(C)cs1. The molecule has 0 saturated carbocycles. The van der Waals surface area contributed by atoms with Crippen LogP contribution in [0, 0.1) is 6.92 Å². The fraction of sp³-hybridized carbons (Fsp3) is 0.438. The Morgan fingerprint density at radius 1 is 1.43 bits per heavy atom. The summed E-state index contributed by atoms with van der Waals surface area (Å²) in [5.41, 5.74) is 2.25. The van der Waals surface area contributed by atoms with Crippen molar-refractivity contribution in [1.29, 1.82) is 0 Å². The van der Waals surface area contributed by atoms with Crippen molar-refractivity contribution in [3.63, 3.8) is 0 Å². The summed E-state index contributed by atoms with van der Waals surface area (Å²) in [5, 5.41) is 6.73. The number of benzene rings is 1. The van der Waals surface area contributed by atoms with Gasteiger partial charge in [0, 0.05) is 27.7 Å². The predicted octanol–water partition coefficient (Wildman–Crippen LogP) is 4.85. The molecule has 2 rings (SSSR count). The molecule has 0 bridgehead atoms. The minimum atomic E-state index is 0.238. The van der Waals surface area contributed by atoms with Crippen molar-refractivity contribution >= 4 is 27.3 Å². The fourth-order valence-corrected chi connectivity index (χ4v) is 3.20. The highest BCUT2D eigenvalue weighted by molar-refractivity contribution is 9.10. The summed E-state index contributed by atoms with van der Waals surface area (Å²) in [7, 11) is 0. The van der Waals surface area contributed by atoms with E-state index in [9.17, 15) is 0 Å². The van der Waals surface area contributed by atoms with Gasteiger partial charge in [0.25, 0.3) is 0 Å². The molecule has 0 aliphatic rings. The molecule has 2 aromatic rings. The van der Waals surface area contributed by atoms with Gasteiger partial charge in [-0.05, 0) is 38.5 Å². The van der Waals surface area contributed by atoms with E-state index in [2.05, 4.69) is 51.5 Å². The van der Waals surface area contributed by atoms with Crippen LogP contribution in [0.1, 0.15) is 42.6 Å². The Labute approximate surface area is 138 Å². The van der Waals surface area contributed by atoms with Crippen LogP contribution < -0.4 is 10.1 Å². The lowest BCUT2D eigenvalue weighted by Gasteiger charge is -2.15. The number of thiazole rings is 1. The van der Waals surface area contributed by atoms with E-state index in [0.29, 0.717) is 0 Å². The Kier molecular flexibility index (Phi) is 6.21. The quantitative estimate of drug-likeness (QED) is 0.757. The Balaban J connectivity index is 2.02. The van der Waals surface area contributed by atoms with Crippen molar-refractivity contribution in [3.05, 3.63) is 44.3 Å². The van der Waals surface area contributed by atoms with Gasteiger partial charge >= 0.3 is 0 Å². The first-order valence-electron chi connectivity index (χ1n) is 7.16. The average Bonchev–Trinajstić information content (AvgIpc) is 2.90. The minimum Gasteiger partial charge on any atom is -0.493 e. The standard InChI is InChI=1S/C16H21BrN2OS/c1-4-7-20-15-6-5-14(17)8-13(15)9-18-12(3)16-19-11(2)10-21-16/h5-6,8,10,12,18H,4,7,9H2,1-3H3. The van der Waals surface area contributed by atoms with Crippen molar-refractivity contribution in [1.82, 2.24) is 10.3 Å². The van der Waals surface area contributed by atoms with Gasteiger partial charge in [0.05, 0.1) is 12.6 Å². The zero-order valence-corrected chi connectivity index (χ0v) is 15.1. The fourth-order valence-electron chi connectivity index (χ4n) is 1.96. The van der Waals surface area contributed by atoms with E-state index in [-0.39, 0.29) is 6.04 Å². The average molecular weight is 369 g/mol. The molecule has 0 aliphatic heterocycles. The molecule has 1 atom stereocenters. The van der Waals surface area contributed by atoms with Gasteiger partial charge in [-0.3, -0.25) is 0 Å². The van der Waals surface area contributed by atoms with Crippen LogP contribution in [0.5, 0.6) is 5.75 Å². The van der Waals surface area contributed by atoms with E-state index in [1.54, 1.807) is 11.3 Å². The molecule has 0 saturated heterocycles. The highest BCUT2D eigenvalue weighted by Crippen LogP contribution is 2.25. The van der Waals surface area contributed by atoms with Gasteiger partial charge in [-0.25, -0.2) is 4.98 Å². The highest BCUT2D eigenvalue weighted by Gasteiger charge is 2.11. The summed E-state index contributed by atoms with van der Waals surface area (Å²) < 4.78 is 6.88. The lowest BCUT2D eigenvalue weighted by molar-refractivity contribution is 0.312. The molecule has 1 heterocycles. The zero-order chi connectivity index (χ0) is 15.2. The van der Waals surface area contributed by atoms with Crippen LogP contribution in [0.3, 0.4) is 0 Å². The Hall–Kier alpha value is -0.910. The van der Waals surface area contributed by atoms with Crippen LogP contribution in [0.2, 0.25) is 0 Å². The molecule has 3 nitrogen and oxygen atoms in total. The topological polar surface area (TPSA) is 34.1 Å². The van der Waals surface area contributed by atoms with E-state index in [1.807, 2.05) is 19.1 Å². The van der Waals surface area contributed by atoms with Crippen LogP contribution in [0.15, 0.2) is 28.1 Å². The first-order chi connectivity index (χ1) is 10.1. The van der Waals surface area contributed by atoms with Gasteiger partial charge in [0.2, 0.25) is 0 Å². The van der Waals surface area contributed by atoms with E-state index in [1.165, 1.54) is 0 Å². The summed E-state index contributed by atoms with van der Waals surface area (Å²) in [4.78, 5) is 4.53. The van der Waals surface area contributed by atoms with Crippen LogP contribution in [0.25, 0.3) is 0 Å². The predicted molar refractivity (Wildman–Crippen MR) is 92.0 cm³/mol. The van der Waals surface area contributed by atoms with Crippen molar-refractivity contribution < 1.29 is 4.74 Å². The maximum absolute atomic E-state index is 5.81. The molecule has 0 aliphatic carbocycles. The summed E-state index contributed by atoms with van der Waals surface area (Å²) >= 11 is 5.23. The van der Waals surface area contributed by atoms with Gasteiger partial charge in [-0.2, -0.15) is 0 Å². The second-order valence-electron chi connectivity index (χ2n) is 5.03. The number of aromatic nitrogens is 1. The molecular formula is C16H21BrN2OS. The maximum atomic E-state index is 5.81. The van der Waals surface area contributed by atoms with Crippen LogP contribution >= 0.6 is 27.3 Å². The molecular weight excluding hydrogens is 348 g/mol. The molecule has 5 heteroatoms. The third-order valence-electron chi connectivity index (χ3n) is 3.09. The van der Waals surface area contributed by atoms with Crippen molar-refractivity contribution in [2.24, 2.45) is 0 Å². The molecule has 0 spiro atoms. The molecule has 1 aromatic carbocycles. The van der Waals surface area contributed by atoms with E-state index >= 15 is 0 Å². The molecule has 114 valence electrons. The van der Waals surface area contributed by atoms with Crippen molar-refractivity contribution in [2.45, 2.75) is 39.8 Å². The minimum absolute atomic E-state index is 0.238. The van der Waals surface area contributed by atoms with Crippen molar-refractivity contribution in [3.8, 4) is 5.75 Å². The van der Waals surface area contributed by atoms with Crippen LogP contribution in [0.4, 0.5) is 0 Å². The second kappa shape index (κ2) is 7.92. The number of ether oxygens (including phenoxy) is 1. The third-order valence-corrected chi connectivity index (χ3v) is 4.73. The number of hydrogen-bond donors (Lipinski definition) is 1. The number of halogens is 1. The maximum Gasteiger partial charge on any atom is 0.123 e. The number of hydrogen-bond acceptors (Lipinski definition) is 4. The summed E-state index contributed by atoms with van der Waals surface area (Å²) in [6, 6.07) is 6.39. The highest BCUT2D eigenvalue weighted by atomic mass is 79.9. The first kappa shape index (κ1) is 16.5. The number of aryl methyl sites for hydroxylation is 1. The van der Waals surface area contributed by atoms with E-state index in [0.717, 1.165) is 46.1 Å². The van der Waals surface area contributed by atoms with Gasteiger partial charge in [-0.15, -0.1) is 11.3 Å². The monoisotopic (exact) mass is 368 g/mol. The van der Waals surface area contributed by atoms with E-state index in [4.69, 9.17) is 4.74 Å². The molecule has 1 unspecified atom stereocenters. The molecule has 1 aromatic heterocycles. The lowest BCUT2D eigenvalue weighted by atomic mass is 10.2. The molecule has 0 amide bonds. The van der Waals surface area contributed by atoms with Gasteiger partial charge < -0.3 is 10.1 Å². The Bertz CT molecular complexity index is 585.